The zero-order chi connectivity index (χ0) is 17.1. The Hall–Kier alpha value is -2.40. The number of rotatable bonds is 5. The minimum absolute atomic E-state index is 0.102. The van der Waals surface area contributed by atoms with Crippen LogP contribution >= 0.6 is 0 Å². The molecular formula is C19H22N2O3. The van der Waals surface area contributed by atoms with Crippen LogP contribution in [0.3, 0.4) is 0 Å². The number of aliphatic hydroxyl groups is 1. The summed E-state index contributed by atoms with van der Waals surface area (Å²) in [5.74, 6) is 0.648. The normalized spacial score (nSPS) is 20.8. The predicted molar refractivity (Wildman–Crippen MR) is 90.9 cm³/mol. The molecule has 1 fully saturated rings. The van der Waals surface area contributed by atoms with Crippen LogP contribution in [0.1, 0.15) is 40.4 Å². The summed E-state index contributed by atoms with van der Waals surface area (Å²) < 4.78 is 5.09. The summed E-state index contributed by atoms with van der Waals surface area (Å²) in [5.41, 5.74) is 2.54. The number of aryl methyl sites for hydroxylation is 1. The second-order valence-corrected chi connectivity index (χ2v) is 6.29. The maximum Gasteiger partial charge on any atom is 0.252 e. The van der Waals surface area contributed by atoms with E-state index in [9.17, 15) is 9.90 Å². The van der Waals surface area contributed by atoms with Gasteiger partial charge in [0.2, 0.25) is 5.88 Å². The maximum absolute atomic E-state index is 12.7. The number of methoxy groups -OCH3 is 1. The first kappa shape index (κ1) is 16.5. The average molecular weight is 326 g/mol. The molecule has 0 aliphatic heterocycles. The number of benzene rings is 1. The zero-order valence-electron chi connectivity index (χ0n) is 13.9. The van der Waals surface area contributed by atoms with E-state index in [1.165, 1.54) is 0 Å². The van der Waals surface area contributed by atoms with Gasteiger partial charge in [-0.2, -0.15) is 0 Å². The number of ether oxygens (including phenoxy) is 1. The molecule has 1 heterocycles. The third-order valence-corrected chi connectivity index (χ3v) is 4.62. The van der Waals surface area contributed by atoms with Crippen molar-refractivity contribution < 1.29 is 14.6 Å². The molecule has 1 aliphatic rings. The number of hydrogen-bond donors (Lipinski definition) is 2. The van der Waals surface area contributed by atoms with E-state index >= 15 is 0 Å². The molecule has 2 N–H and O–H groups in total. The van der Waals surface area contributed by atoms with E-state index in [2.05, 4.69) is 10.3 Å². The van der Waals surface area contributed by atoms with Gasteiger partial charge in [0.1, 0.15) is 0 Å². The van der Waals surface area contributed by atoms with E-state index in [4.69, 9.17) is 4.74 Å². The SMILES string of the molecule is COc1ccc([C@@H](NC(=O)c2ccccc2C)C2CC(O)C2)cn1. The lowest BCUT2D eigenvalue weighted by atomic mass is 9.75. The lowest BCUT2D eigenvalue weighted by Crippen LogP contribution is -2.41. The van der Waals surface area contributed by atoms with Crippen molar-refractivity contribution in [3.8, 4) is 5.88 Å². The molecule has 5 heteroatoms. The van der Waals surface area contributed by atoms with E-state index in [1.54, 1.807) is 19.4 Å². The van der Waals surface area contributed by atoms with Crippen molar-refractivity contribution in [1.29, 1.82) is 0 Å². The lowest BCUT2D eigenvalue weighted by molar-refractivity contribution is 0.0234. The lowest BCUT2D eigenvalue weighted by Gasteiger charge is -2.38. The molecule has 5 nitrogen and oxygen atoms in total. The summed E-state index contributed by atoms with van der Waals surface area (Å²) in [6, 6.07) is 11.1. The Morgan fingerprint density at radius 1 is 1.29 bits per heavy atom. The molecule has 126 valence electrons. The van der Waals surface area contributed by atoms with Crippen LogP contribution in [0.15, 0.2) is 42.6 Å². The van der Waals surface area contributed by atoms with E-state index in [0.29, 0.717) is 24.3 Å². The van der Waals surface area contributed by atoms with E-state index < -0.39 is 0 Å². The van der Waals surface area contributed by atoms with Gasteiger partial charge in [-0.1, -0.05) is 24.3 Å². The third-order valence-electron chi connectivity index (χ3n) is 4.62. The highest BCUT2D eigenvalue weighted by Gasteiger charge is 2.36. The number of amides is 1. The summed E-state index contributed by atoms with van der Waals surface area (Å²) in [6.07, 6.45) is 2.82. The van der Waals surface area contributed by atoms with Crippen molar-refractivity contribution >= 4 is 5.91 Å². The van der Waals surface area contributed by atoms with Crippen LogP contribution in [0.4, 0.5) is 0 Å². The number of aliphatic hydroxyl groups excluding tert-OH is 1. The topological polar surface area (TPSA) is 71.5 Å². The van der Waals surface area contributed by atoms with Crippen molar-refractivity contribution in [1.82, 2.24) is 10.3 Å². The van der Waals surface area contributed by atoms with Gasteiger partial charge in [0.05, 0.1) is 19.3 Å². The first-order chi connectivity index (χ1) is 11.6. The molecule has 0 bridgehead atoms. The van der Waals surface area contributed by atoms with Gasteiger partial charge in [-0.05, 0) is 42.9 Å². The number of aromatic nitrogens is 1. The molecule has 0 saturated heterocycles. The molecule has 1 saturated carbocycles. The van der Waals surface area contributed by atoms with Gasteiger partial charge in [-0.25, -0.2) is 4.98 Å². The second-order valence-electron chi connectivity index (χ2n) is 6.29. The van der Waals surface area contributed by atoms with Crippen LogP contribution in [0.5, 0.6) is 5.88 Å². The number of hydrogen-bond acceptors (Lipinski definition) is 4. The molecule has 0 unspecified atom stereocenters. The Bertz CT molecular complexity index is 709. The second kappa shape index (κ2) is 7.01. The van der Waals surface area contributed by atoms with Gasteiger partial charge in [0, 0.05) is 17.8 Å². The Morgan fingerprint density at radius 2 is 2.04 bits per heavy atom. The Balaban J connectivity index is 1.82. The first-order valence-corrected chi connectivity index (χ1v) is 8.13. The van der Waals surface area contributed by atoms with Gasteiger partial charge in [-0.15, -0.1) is 0 Å². The van der Waals surface area contributed by atoms with Gasteiger partial charge in [0.25, 0.3) is 5.91 Å². The predicted octanol–water partition coefficient (Wildman–Crippen LogP) is 2.64. The number of carbonyl (C=O) groups excluding carboxylic acids is 1. The van der Waals surface area contributed by atoms with Crippen molar-refractivity contribution in [2.45, 2.75) is 31.9 Å². The van der Waals surface area contributed by atoms with Crippen LogP contribution in [0.25, 0.3) is 0 Å². The summed E-state index contributed by atoms with van der Waals surface area (Å²) in [5, 5.41) is 12.8. The van der Waals surface area contributed by atoms with E-state index in [0.717, 1.165) is 11.1 Å². The fourth-order valence-corrected chi connectivity index (χ4v) is 3.12. The first-order valence-electron chi connectivity index (χ1n) is 8.13. The van der Waals surface area contributed by atoms with Gasteiger partial charge < -0.3 is 15.2 Å². The van der Waals surface area contributed by atoms with Crippen molar-refractivity contribution in [2.75, 3.05) is 7.11 Å². The molecule has 1 aromatic carbocycles. The molecule has 1 aromatic heterocycles. The van der Waals surface area contributed by atoms with Crippen LogP contribution in [0.2, 0.25) is 0 Å². The third kappa shape index (κ3) is 3.41. The van der Waals surface area contributed by atoms with Crippen LogP contribution in [0, 0.1) is 12.8 Å². The molecule has 0 radical (unpaired) electrons. The molecule has 24 heavy (non-hydrogen) atoms. The Labute approximate surface area is 141 Å². The molecule has 2 aromatic rings. The van der Waals surface area contributed by atoms with Crippen molar-refractivity contribution in [3.05, 3.63) is 59.3 Å². The fraction of sp³-hybridized carbons (Fsp3) is 0.368. The minimum atomic E-state index is -0.279. The molecule has 0 spiro atoms. The number of pyridine rings is 1. The number of nitrogens with zero attached hydrogens (tertiary/aromatic N) is 1. The summed E-state index contributed by atoms with van der Waals surface area (Å²) in [6.45, 7) is 1.92. The van der Waals surface area contributed by atoms with Crippen molar-refractivity contribution in [2.24, 2.45) is 5.92 Å². The highest BCUT2D eigenvalue weighted by molar-refractivity contribution is 5.95. The Morgan fingerprint density at radius 3 is 2.62 bits per heavy atom. The molecular weight excluding hydrogens is 304 g/mol. The minimum Gasteiger partial charge on any atom is -0.481 e. The summed E-state index contributed by atoms with van der Waals surface area (Å²) in [7, 11) is 1.57. The fourth-order valence-electron chi connectivity index (χ4n) is 3.12. The quantitative estimate of drug-likeness (QED) is 0.886. The standard InChI is InChI=1S/C19H22N2O3/c1-12-5-3-4-6-16(12)19(23)21-18(14-9-15(22)10-14)13-7-8-17(24-2)20-11-13/h3-8,11,14-15,18,22H,9-10H2,1-2H3,(H,21,23)/t14?,15?,18-/m1/s1. The summed E-state index contributed by atoms with van der Waals surface area (Å²) >= 11 is 0. The highest BCUT2D eigenvalue weighted by Crippen LogP contribution is 2.38. The number of nitrogens with one attached hydrogen (secondary N) is 1. The van der Waals surface area contributed by atoms with Gasteiger partial charge in [-0.3, -0.25) is 4.79 Å². The van der Waals surface area contributed by atoms with Crippen molar-refractivity contribution in [3.63, 3.8) is 0 Å². The van der Waals surface area contributed by atoms with Gasteiger partial charge in [0.15, 0.2) is 0 Å². The van der Waals surface area contributed by atoms with Crippen LogP contribution in [-0.4, -0.2) is 29.2 Å². The van der Waals surface area contributed by atoms with Gasteiger partial charge >= 0.3 is 0 Å². The largest absolute Gasteiger partial charge is 0.481 e. The maximum atomic E-state index is 12.7. The highest BCUT2D eigenvalue weighted by atomic mass is 16.5. The molecule has 1 aliphatic carbocycles. The summed E-state index contributed by atoms with van der Waals surface area (Å²) in [4.78, 5) is 16.9. The molecule has 3 rings (SSSR count). The smallest absolute Gasteiger partial charge is 0.252 e. The van der Waals surface area contributed by atoms with Crippen LogP contribution < -0.4 is 10.1 Å². The van der Waals surface area contributed by atoms with E-state index in [-0.39, 0.29) is 24.0 Å². The molecule has 1 atom stereocenters. The number of carbonyl (C=O) groups is 1. The van der Waals surface area contributed by atoms with Crippen LogP contribution in [-0.2, 0) is 0 Å². The Kier molecular flexibility index (Phi) is 4.81. The monoisotopic (exact) mass is 326 g/mol. The molecule has 1 amide bonds. The van der Waals surface area contributed by atoms with E-state index in [1.807, 2.05) is 37.3 Å². The zero-order valence-corrected chi connectivity index (χ0v) is 13.9. The average Bonchev–Trinajstić information content (AvgIpc) is 2.57.